The van der Waals surface area contributed by atoms with Gasteiger partial charge in [0.05, 0.1) is 31.2 Å². The first kappa shape index (κ1) is 21.1. The number of fused-ring (bicyclic) bond motifs is 1. The maximum absolute atomic E-state index is 14.0. The molecule has 2 aliphatic heterocycles. The molecule has 4 rings (SSSR count). The second-order valence-corrected chi connectivity index (χ2v) is 7.97. The molecule has 162 valence electrons. The number of nitrogens with one attached hydrogen (secondary N) is 1. The van der Waals surface area contributed by atoms with Crippen molar-refractivity contribution in [1.82, 2.24) is 4.57 Å². The molecule has 0 spiro atoms. The first-order valence-electron chi connectivity index (χ1n) is 10.5. The quantitative estimate of drug-likeness (QED) is 0.740. The molecule has 2 aromatic rings. The standard InChI is InChI=1S/C23H25FN4O3/c1-15-12-19-21(23(29)28(15)7-3-6-27-8-10-30-11-9-27)20(18(14-25)22(26)31-19)16-4-2-5-17(24)13-16/h2,4-5,12-13,20H,3,6-11,26H2,1H3/p+1/t20-/m0/s1. The summed E-state index contributed by atoms with van der Waals surface area (Å²) in [6.45, 7) is 6.84. The number of rotatable bonds is 5. The summed E-state index contributed by atoms with van der Waals surface area (Å²) >= 11 is 0. The highest BCUT2D eigenvalue weighted by atomic mass is 19.1. The number of ether oxygens (including phenoxy) is 2. The smallest absolute Gasteiger partial charge is 0.258 e. The molecule has 1 aromatic heterocycles. The number of halogens is 1. The number of hydrogen-bond donors (Lipinski definition) is 2. The van der Waals surface area contributed by atoms with Crippen LogP contribution in [0.15, 0.2) is 46.6 Å². The highest BCUT2D eigenvalue weighted by Gasteiger charge is 2.34. The molecule has 31 heavy (non-hydrogen) atoms. The summed E-state index contributed by atoms with van der Waals surface area (Å²) in [4.78, 5) is 15.0. The van der Waals surface area contributed by atoms with Crippen LogP contribution in [0.3, 0.4) is 0 Å². The molecule has 0 unspecified atom stereocenters. The molecule has 8 heteroatoms. The normalized spacial score (nSPS) is 18.9. The fourth-order valence-corrected chi connectivity index (χ4v) is 4.38. The van der Waals surface area contributed by atoms with Gasteiger partial charge in [-0.05, 0) is 24.6 Å². The van der Waals surface area contributed by atoms with Crippen molar-refractivity contribution in [2.24, 2.45) is 5.73 Å². The summed E-state index contributed by atoms with van der Waals surface area (Å²) in [6, 6.07) is 9.73. The van der Waals surface area contributed by atoms with E-state index in [-0.39, 0.29) is 17.0 Å². The van der Waals surface area contributed by atoms with Crippen molar-refractivity contribution < 1.29 is 18.8 Å². The molecule has 0 radical (unpaired) electrons. The number of nitrogens with two attached hydrogens (primary N) is 1. The number of allylic oxidation sites excluding steroid dienone is 1. The minimum Gasteiger partial charge on any atom is -0.440 e. The molecule has 1 fully saturated rings. The number of pyridine rings is 1. The Labute approximate surface area is 180 Å². The van der Waals surface area contributed by atoms with Crippen LogP contribution in [0.25, 0.3) is 0 Å². The van der Waals surface area contributed by atoms with Crippen LogP contribution < -0.4 is 20.9 Å². The van der Waals surface area contributed by atoms with E-state index < -0.39 is 11.7 Å². The van der Waals surface area contributed by atoms with Gasteiger partial charge >= 0.3 is 0 Å². The number of benzene rings is 1. The summed E-state index contributed by atoms with van der Waals surface area (Å²) < 4.78 is 26.7. The number of nitrogens with zero attached hydrogens (tertiary/aromatic N) is 2. The summed E-state index contributed by atoms with van der Waals surface area (Å²) in [5, 5.41) is 9.71. The van der Waals surface area contributed by atoms with Gasteiger partial charge in [-0.3, -0.25) is 4.79 Å². The maximum Gasteiger partial charge on any atom is 0.258 e. The van der Waals surface area contributed by atoms with Gasteiger partial charge in [0.25, 0.3) is 5.56 Å². The van der Waals surface area contributed by atoms with Gasteiger partial charge in [-0.1, -0.05) is 12.1 Å². The fourth-order valence-electron chi connectivity index (χ4n) is 4.38. The molecule has 0 saturated carbocycles. The van der Waals surface area contributed by atoms with Crippen LogP contribution in [0.5, 0.6) is 5.75 Å². The Hall–Kier alpha value is -3.15. The SMILES string of the molecule is Cc1cc2c(c(=O)n1CCC[NH+]1CCOCC1)[C@@H](c1cccc(F)c1)C(C#N)=C(N)O2. The average molecular weight is 425 g/mol. The molecule has 0 amide bonds. The molecule has 0 aliphatic carbocycles. The Morgan fingerprint density at radius 2 is 2.10 bits per heavy atom. The van der Waals surface area contributed by atoms with Gasteiger partial charge < -0.3 is 24.7 Å². The predicted molar refractivity (Wildman–Crippen MR) is 112 cm³/mol. The first-order valence-corrected chi connectivity index (χ1v) is 10.5. The van der Waals surface area contributed by atoms with Gasteiger partial charge in [0.15, 0.2) is 0 Å². The van der Waals surface area contributed by atoms with E-state index in [9.17, 15) is 14.4 Å². The fraction of sp³-hybridized carbons (Fsp3) is 0.391. The lowest BCUT2D eigenvalue weighted by atomic mass is 9.84. The minimum absolute atomic E-state index is 0.0586. The van der Waals surface area contributed by atoms with Gasteiger partial charge in [-0.15, -0.1) is 0 Å². The molecular weight excluding hydrogens is 399 g/mol. The molecular formula is C23H26FN4O3+. The number of nitriles is 1. The van der Waals surface area contributed by atoms with Crippen LogP contribution in [0, 0.1) is 24.1 Å². The van der Waals surface area contributed by atoms with Crippen molar-refractivity contribution in [3.63, 3.8) is 0 Å². The minimum atomic E-state index is -0.770. The van der Waals surface area contributed by atoms with E-state index >= 15 is 0 Å². The number of aryl methyl sites for hydroxylation is 1. The van der Waals surface area contributed by atoms with E-state index in [0.717, 1.165) is 45.0 Å². The Bertz CT molecular complexity index is 1110. The van der Waals surface area contributed by atoms with Crippen LogP contribution in [0.4, 0.5) is 4.39 Å². The lowest BCUT2D eigenvalue weighted by Gasteiger charge is -2.27. The van der Waals surface area contributed by atoms with Crippen molar-refractivity contribution >= 4 is 0 Å². The van der Waals surface area contributed by atoms with E-state index in [1.807, 2.05) is 6.92 Å². The Morgan fingerprint density at radius 1 is 1.32 bits per heavy atom. The summed E-state index contributed by atoms with van der Waals surface area (Å²) in [5.41, 5.74) is 7.44. The van der Waals surface area contributed by atoms with Crippen molar-refractivity contribution in [1.29, 1.82) is 5.26 Å². The van der Waals surface area contributed by atoms with Gasteiger partial charge in [-0.25, -0.2) is 4.39 Å². The van der Waals surface area contributed by atoms with Crippen LogP contribution >= 0.6 is 0 Å². The van der Waals surface area contributed by atoms with E-state index in [2.05, 4.69) is 6.07 Å². The molecule has 7 nitrogen and oxygen atoms in total. The zero-order valence-corrected chi connectivity index (χ0v) is 17.5. The highest BCUT2D eigenvalue weighted by molar-refractivity contribution is 5.55. The molecule has 3 heterocycles. The lowest BCUT2D eigenvalue weighted by Crippen LogP contribution is -3.14. The van der Waals surface area contributed by atoms with E-state index in [1.165, 1.54) is 17.0 Å². The number of morpholine rings is 1. The first-order chi connectivity index (χ1) is 15.0. The Morgan fingerprint density at radius 3 is 2.81 bits per heavy atom. The maximum atomic E-state index is 14.0. The molecule has 1 atom stereocenters. The third-order valence-corrected chi connectivity index (χ3v) is 5.98. The Kier molecular flexibility index (Phi) is 6.07. The largest absolute Gasteiger partial charge is 0.440 e. The van der Waals surface area contributed by atoms with E-state index in [4.69, 9.17) is 15.2 Å². The topological polar surface area (TPSA) is 94.7 Å². The van der Waals surface area contributed by atoms with Crippen LogP contribution in [-0.2, 0) is 11.3 Å². The third kappa shape index (κ3) is 4.20. The second kappa shape index (κ2) is 8.92. The summed E-state index contributed by atoms with van der Waals surface area (Å²) in [7, 11) is 0. The van der Waals surface area contributed by atoms with Gasteiger partial charge in [-0.2, -0.15) is 5.26 Å². The van der Waals surface area contributed by atoms with Crippen LogP contribution in [0.1, 0.15) is 29.2 Å². The highest BCUT2D eigenvalue weighted by Crippen LogP contribution is 2.40. The average Bonchev–Trinajstić information content (AvgIpc) is 2.76. The number of hydrogen-bond acceptors (Lipinski definition) is 5. The molecule has 1 saturated heterocycles. The van der Waals surface area contributed by atoms with Crippen molar-refractivity contribution in [3.8, 4) is 11.8 Å². The van der Waals surface area contributed by atoms with Crippen molar-refractivity contribution in [2.45, 2.75) is 25.8 Å². The molecule has 0 bridgehead atoms. The van der Waals surface area contributed by atoms with E-state index in [1.54, 1.807) is 22.8 Å². The summed E-state index contributed by atoms with van der Waals surface area (Å²) in [6.07, 6.45) is 0.837. The Balaban J connectivity index is 1.70. The van der Waals surface area contributed by atoms with Crippen molar-refractivity contribution in [3.05, 3.63) is 74.8 Å². The van der Waals surface area contributed by atoms with Crippen LogP contribution in [0.2, 0.25) is 0 Å². The zero-order chi connectivity index (χ0) is 22.0. The number of quaternary nitrogens is 1. The molecule has 2 aliphatic rings. The van der Waals surface area contributed by atoms with E-state index in [0.29, 0.717) is 23.4 Å². The van der Waals surface area contributed by atoms with Gasteiger partial charge in [0.1, 0.15) is 36.3 Å². The van der Waals surface area contributed by atoms with Crippen LogP contribution in [-0.4, -0.2) is 37.4 Å². The number of aromatic nitrogens is 1. The summed E-state index contributed by atoms with van der Waals surface area (Å²) in [5.74, 6) is -0.948. The van der Waals surface area contributed by atoms with Crippen molar-refractivity contribution in [2.75, 3.05) is 32.8 Å². The van der Waals surface area contributed by atoms with Gasteiger partial charge in [0.2, 0.25) is 5.88 Å². The molecule has 3 N–H and O–H groups in total. The predicted octanol–water partition coefficient (Wildman–Crippen LogP) is 0.819. The second-order valence-electron chi connectivity index (χ2n) is 7.97. The monoisotopic (exact) mass is 425 g/mol. The lowest BCUT2D eigenvalue weighted by molar-refractivity contribution is -0.908. The third-order valence-electron chi connectivity index (χ3n) is 5.98. The molecule has 1 aromatic carbocycles. The zero-order valence-electron chi connectivity index (χ0n) is 17.5. The van der Waals surface area contributed by atoms with Gasteiger partial charge in [0, 0.05) is 24.7 Å².